The number of hydrogen-bond donors (Lipinski definition) is 2. The molecule has 2 N–H and O–H groups in total. The zero-order valence-corrected chi connectivity index (χ0v) is 19.4. The molecule has 3 aromatic rings. The topological polar surface area (TPSA) is 88.1 Å². The van der Waals surface area contributed by atoms with Crippen molar-refractivity contribution in [1.82, 2.24) is 15.2 Å². The standard InChI is InChI=1S/C25H24ClN5O3/c1-33-24-9-7-17(14-28-24)29-23(32)13-18-15-31(11-10-27-18)25-19-4-2-3-5-21(19)34-22-8-6-16(26)12-20(22)30-25/h2-9,12,14,18,27H,10-11,13,15H2,1H3,(H,29,32)/t18-/m0/s1. The molecule has 1 amide bonds. The summed E-state index contributed by atoms with van der Waals surface area (Å²) in [6, 6.07) is 16.7. The van der Waals surface area contributed by atoms with Crippen LogP contribution in [0.2, 0.25) is 5.02 Å². The normalized spacial score (nSPS) is 16.9. The second kappa shape index (κ2) is 9.70. The van der Waals surface area contributed by atoms with Crippen LogP contribution in [0.15, 0.2) is 65.8 Å². The second-order valence-electron chi connectivity index (χ2n) is 8.08. The molecule has 0 bridgehead atoms. The van der Waals surface area contributed by atoms with Gasteiger partial charge in [-0.05, 0) is 36.4 Å². The third-order valence-electron chi connectivity index (χ3n) is 5.71. The molecule has 0 radical (unpaired) electrons. The highest BCUT2D eigenvalue weighted by Crippen LogP contribution is 2.39. The minimum absolute atomic E-state index is 0.0437. The lowest BCUT2D eigenvalue weighted by molar-refractivity contribution is -0.116. The molecular formula is C25H24ClN5O3. The van der Waals surface area contributed by atoms with Gasteiger partial charge in [0.05, 0.1) is 24.6 Å². The summed E-state index contributed by atoms with van der Waals surface area (Å²) >= 11 is 6.23. The number of pyridine rings is 1. The maximum Gasteiger partial charge on any atom is 0.226 e. The molecule has 5 rings (SSSR count). The van der Waals surface area contributed by atoms with Crippen molar-refractivity contribution in [2.75, 3.05) is 32.1 Å². The molecule has 1 aromatic heterocycles. The summed E-state index contributed by atoms with van der Waals surface area (Å²) in [5, 5.41) is 6.94. The Labute approximate surface area is 202 Å². The Hall–Kier alpha value is -3.62. The maximum atomic E-state index is 12.7. The third-order valence-corrected chi connectivity index (χ3v) is 5.95. The summed E-state index contributed by atoms with van der Waals surface area (Å²) in [6.07, 6.45) is 1.90. The van der Waals surface area contributed by atoms with E-state index in [1.807, 2.05) is 30.3 Å². The minimum atomic E-state index is -0.0880. The average molecular weight is 478 g/mol. The summed E-state index contributed by atoms with van der Waals surface area (Å²) in [4.78, 5) is 23.9. The van der Waals surface area contributed by atoms with Gasteiger partial charge in [-0.15, -0.1) is 0 Å². The van der Waals surface area contributed by atoms with E-state index < -0.39 is 0 Å². The molecule has 9 heteroatoms. The highest BCUT2D eigenvalue weighted by molar-refractivity contribution is 6.31. The van der Waals surface area contributed by atoms with Gasteiger partial charge in [-0.1, -0.05) is 23.7 Å². The lowest BCUT2D eigenvalue weighted by Crippen LogP contribution is -2.53. The Morgan fingerprint density at radius 1 is 1.24 bits per heavy atom. The van der Waals surface area contributed by atoms with E-state index >= 15 is 0 Å². The molecule has 0 aliphatic carbocycles. The number of benzene rings is 2. The number of fused-ring (bicyclic) bond motifs is 2. The zero-order valence-electron chi connectivity index (χ0n) is 18.6. The van der Waals surface area contributed by atoms with Gasteiger partial charge < -0.3 is 25.0 Å². The number of hydrogen-bond acceptors (Lipinski definition) is 7. The van der Waals surface area contributed by atoms with Gasteiger partial charge in [-0.25, -0.2) is 9.98 Å². The van der Waals surface area contributed by atoms with Crippen LogP contribution >= 0.6 is 11.6 Å². The maximum absolute atomic E-state index is 12.7. The monoisotopic (exact) mass is 477 g/mol. The van der Waals surface area contributed by atoms with Crippen LogP contribution in [0.25, 0.3) is 0 Å². The van der Waals surface area contributed by atoms with E-state index in [1.54, 1.807) is 37.6 Å². The highest BCUT2D eigenvalue weighted by atomic mass is 35.5. The van der Waals surface area contributed by atoms with E-state index in [9.17, 15) is 4.79 Å². The van der Waals surface area contributed by atoms with E-state index in [4.69, 9.17) is 26.1 Å². The average Bonchev–Trinajstić information content (AvgIpc) is 3.01. The fourth-order valence-corrected chi connectivity index (χ4v) is 4.27. The van der Waals surface area contributed by atoms with Crippen LogP contribution in [0, 0.1) is 0 Å². The lowest BCUT2D eigenvalue weighted by Gasteiger charge is -2.35. The smallest absolute Gasteiger partial charge is 0.226 e. The third kappa shape index (κ3) is 4.83. The van der Waals surface area contributed by atoms with Crippen molar-refractivity contribution < 1.29 is 14.3 Å². The summed E-state index contributed by atoms with van der Waals surface area (Å²) in [5.41, 5.74) is 2.22. The Bertz CT molecular complexity index is 1230. The number of ether oxygens (including phenoxy) is 2. The number of rotatable bonds is 4. The van der Waals surface area contributed by atoms with Crippen molar-refractivity contribution in [3.05, 3.63) is 71.4 Å². The number of piperazine rings is 1. The van der Waals surface area contributed by atoms with Crippen molar-refractivity contribution in [1.29, 1.82) is 0 Å². The zero-order chi connectivity index (χ0) is 23.5. The molecule has 3 heterocycles. The number of aromatic nitrogens is 1. The SMILES string of the molecule is COc1ccc(NC(=O)C[C@H]2CN(C3=Nc4cc(Cl)ccc4Oc4ccccc43)CCN2)cn1. The number of halogens is 1. The molecule has 1 saturated heterocycles. The van der Waals surface area contributed by atoms with Crippen LogP contribution < -0.4 is 20.1 Å². The molecule has 0 spiro atoms. The van der Waals surface area contributed by atoms with Gasteiger partial charge in [0.1, 0.15) is 17.3 Å². The number of nitrogens with zero attached hydrogens (tertiary/aromatic N) is 3. The number of amides is 1. The van der Waals surface area contributed by atoms with Crippen LogP contribution in [0.3, 0.4) is 0 Å². The predicted octanol–water partition coefficient (Wildman–Crippen LogP) is 4.23. The van der Waals surface area contributed by atoms with Crippen molar-refractivity contribution in [3.8, 4) is 17.4 Å². The fourth-order valence-electron chi connectivity index (χ4n) is 4.10. The van der Waals surface area contributed by atoms with Crippen molar-refractivity contribution in [2.24, 2.45) is 4.99 Å². The summed E-state index contributed by atoms with van der Waals surface area (Å²) in [6.45, 7) is 2.10. The second-order valence-corrected chi connectivity index (χ2v) is 8.52. The van der Waals surface area contributed by atoms with Crippen molar-refractivity contribution >= 4 is 34.7 Å². The van der Waals surface area contributed by atoms with Gasteiger partial charge in [0.15, 0.2) is 5.75 Å². The molecule has 8 nitrogen and oxygen atoms in total. The van der Waals surface area contributed by atoms with E-state index in [2.05, 4.69) is 20.5 Å². The van der Waals surface area contributed by atoms with E-state index in [1.165, 1.54) is 0 Å². The van der Waals surface area contributed by atoms with Gasteiger partial charge in [0.2, 0.25) is 11.8 Å². The summed E-state index contributed by atoms with van der Waals surface area (Å²) < 4.78 is 11.2. The first-order valence-electron chi connectivity index (χ1n) is 11.0. The van der Waals surface area contributed by atoms with Crippen LogP contribution in [0.1, 0.15) is 12.0 Å². The Morgan fingerprint density at radius 3 is 2.94 bits per heavy atom. The van der Waals surface area contributed by atoms with Crippen molar-refractivity contribution in [3.63, 3.8) is 0 Å². The largest absolute Gasteiger partial charge is 0.481 e. The molecule has 2 aromatic carbocycles. The van der Waals surface area contributed by atoms with Gasteiger partial charge in [0.25, 0.3) is 0 Å². The summed E-state index contributed by atoms with van der Waals surface area (Å²) in [7, 11) is 1.55. The number of nitrogens with one attached hydrogen (secondary N) is 2. The molecule has 174 valence electrons. The van der Waals surface area contributed by atoms with Crippen LogP contribution in [-0.2, 0) is 4.79 Å². The fraction of sp³-hybridized carbons (Fsp3) is 0.240. The number of aliphatic imine (C=N–C) groups is 1. The number of para-hydroxylation sites is 1. The Balaban J connectivity index is 1.34. The Morgan fingerprint density at radius 2 is 2.12 bits per heavy atom. The molecule has 2 aliphatic heterocycles. The number of amidine groups is 1. The summed E-state index contributed by atoms with van der Waals surface area (Å²) in [5.74, 6) is 2.62. The minimum Gasteiger partial charge on any atom is -0.481 e. The van der Waals surface area contributed by atoms with Gasteiger partial charge >= 0.3 is 0 Å². The van der Waals surface area contributed by atoms with Gasteiger partial charge in [-0.2, -0.15) is 0 Å². The number of carbonyl (C=O) groups is 1. The molecule has 0 saturated carbocycles. The quantitative estimate of drug-likeness (QED) is 0.584. The van der Waals surface area contributed by atoms with Crippen LogP contribution in [-0.4, -0.2) is 54.4 Å². The first-order valence-corrected chi connectivity index (χ1v) is 11.4. The first-order chi connectivity index (χ1) is 16.6. The van der Waals surface area contributed by atoms with Gasteiger partial charge in [0, 0.05) is 43.2 Å². The predicted molar refractivity (Wildman–Crippen MR) is 132 cm³/mol. The molecule has 2 aliphatic rings. The first kappa shape index (κ1) is 22.2. The van der Waals surface area contributed by atoms with Gasteiger partial charge in [-0.3, -0.25) is 4.79 Å². The molecule has 34 heavy (non-hydrogen) atoms. The van der Waals surface area contributed by atoms with Crippen molar-refractivity contribution in [2.45, 2.75) is 12.5 Å². The van der Waals surface area contributed by atoms with E-state index in [-0.39, 0.29) is 11.9 Å². The molecule has 0 unspecified atom stereocenters. The van der Waals surface area contributed by atoms with E-state index in [0.29, 0.717) is 41.0 Å². The molecule has 1 fully saturated rings. The number of methoxy groups -OCH3 is 1. The number of anilines is 1. The lowest BCUT2D eigenvalue weighted by atomic mass is 10.1. The molecular weight excluding hydrogens is 454 g/mol. The van der Waals surface area contributed by atoms with E-state index in [0.717, 1.165) is 30.2 Å². The highest BCUT2D eigenvalue weighted by Gasteiger charge is 2.28. The number of carbonyl (C=O) groups excluding carboxylic acids is 1. The molecule has 1 atom stereocenters. The Kier molecular flexibility index (Phi) is 6.33. The van der Waals surface area contributed by atoms with Crippen LogP contribution in [0.4, 0.5) is 11.4 Å². The van der Waals surface area contributed by atoms with Crippen LogP contribution in [0.5, 0.6) is 17.4 Å².